The monoisotopic (exact) mass is 438 g/mol. The van der Waals surface area contributed by atoms with Gasteiger partial charge in [0, 0.05) is 12.1 Å². The number of hydrogen-bond acceptors (Lipinski definition) is 5. The molecule has 1 aliphatic rings. The molecule has 0 unspecified atom stereocenters. The van der Waals surface area contributed by atoms with Crippen molar-refractivity contribution in [2.45, 2.75) is 12.5 Å². The second-order valence-electron chi connectivity index (χ2n) is 7.83. The van der Waals surface area contributed by atoms with Gasteiger partial charge in [-0.3, -0.25) is 9.59 Å². The van der Waals surface area contributed by atoms with Crippen LogP contribution in [0.4, 0.5) is 4.39 Å². The molecule has 0 radical (unpaired) electrons. The van der Waals surface area contributed by atoms with Crippen LogP contribution in [0.2, 0.25) is 0 Å². The number of rotatable bonds is 9. The number of Topliss-reactive ketones (excluding diaryl/α,β-unsaturated/α-hetero) is 1. The first-order chi connectivity index (χ1) is 15.3. The van der Waals surface area contributed by atoms with E-state index in [1.54, 1.807) is 30.3 Å². The van der Waals surface area contributed by atoms with Crippen LogP contribution in [-0.4, -0.2) is 60.4 Å². The van der Waals surface area contributed by atoms with Crippen LogP contribution in [0, 0.1) is 5.82 Å². The number of nitrogens with zero attached hydrogens (tertiary/aromatic N) is 2. The molecule has 0 spiro atoms. The lowest BCUT2D eigenvalue weighted by Crippen LogP contribution is -2.32. The van der Waals surface area contributed by atoms with Crippen LogP contribution in [0.25, 0.3) is 5.76 Å². The maximum Gasteiger partial charge on any atom is 0.295 e. The summed E-state index contributed by atoms with van der Waals surface area (Å²) >= 11 is 0. The third-order valence-corrected chi connectivity index (χ3v) is 5.20. The number of hydrogen-bond donors (Lipinski definition) is 1. The zero-order chi connectivity index (χ0) is 23.3. The smallest absolute Gasteiger partial charge is 0.295 e. The summed E-state index contributed by atoms with van der Waals surface area (Å²) in [5.74, 6) is -1.67. The third kappa shape index (κ3) is 5.06. The van der Waals surface area contributed by atoms with E-state index in [0.29, 0.717) is 30.9 Å². The second kappa shape index (κ2) is 10.2. The number of amides is 1. The van der Waals surface area contributed by atoms with Crippen molar-refractivity contribution >= 4 is 17.4 Å². The van der Waals surface area contributed by atoms with E-state index in [1.807, 2.05) is 19.0 Å². The van der Waals surface area contributed by atoms with Gasteiger partial charge in [-0.05, 0) is 69.0 Å². The van der Waals surface area contributed by atoms with Crippen molar-refractivity contribution in [3.8, 4) is 5.75 Å². The second-order valence-corrected chi connectivity index (χ2v) is 7.83. The standard InChI is InChI=1S/C25H27FN2O4/c1-4-15-32-20-8-5-7-18(16-20)22-21(23(29)17-9-11-19(26)12-10-17)24(30)25(31)28(22)14-6-13-27(2)3/h4-5,7-12,16,22,29H,1,6,13-15H2,2-3H3/b23-21+/t22-/m1/s1. The number of carbonyl (C=O) groups is 2. The number of aliphatic hydroxyl groups excluding tert-OH is 1. The Morgan fingerprint density at radius 2 is 1.94 bits per heavy atom. The van der Waals surface area contributed by atoms with Gasteiger partial charge in [0.2, 0.25) is 0 Å². The van der Waals surface area contributed by atoms with Gasteiger partial charge in [0.05, 0.1) is 11.6 Å². The Kier molecular flexibility index (Phi) is 7.43. The summed E-state index contributed by atoms with van der Waals surface area (Å²) in [5, 5.41) is 11.0. The summed E-state index contributed by atoms with van der Waals surface area (Å²) < 4.78 is 19.0. The summed E-state index contributed by atoms with van der Waals surface area (Å²) in [7, 11) is 3.86. The number of halogens is 1. The highest BCUT2D eigenvalue weighted by Crippen LogP contribution is 2.40. The minimum Gasteiger partial charge on any atom is -0.507 e. The van der Waals surface area contributed by atoms with E-state index in [9.17, 15) is 19.1 Å². The zero-order valence-electron chi connectivity index (χ0n) is 18.3. The molecule has 168 valence electrons. The van der Waals surface area contributed by atoms with E-state index in [2.05, 4.69) is 6.58 Å². The maximum absolute atomic E-state index is 13.4. The van der Waals surface area contributed by atoms with Crippen LogP contribution in [0.15, 0.2) is 66.8 Å². The minimum atomic E-state index is -0.783. The van der Waals surface area contributed by atoms with Gasteiger partial charge in [-0.15, -0.1) is 0 Å². The summed E-state index contributed by atoms with van der Waals surface area (Å²) in [6, 6.07) is 11.4. The van der Waals surface area contributed by atoms with Crippen LogP contribution in [0.3, 0.4) is 0 Å². The van der Waals surface area contributed by atoms with Crippen LogP contribution in [-0.2, 0) is 9.59 Å². The molecular formula is C25H27FN2O4. The number of aliphatic hydroxyl groups is 1. The van der Waals surface area contributed by atoms with Gasteiger partial charge in [-0.2, -0.15) is 0 Å². The number of benzene rings is 2. The molecule has 1 aliphatic heterocycles. The number of carbonyl (C=O) groups excluding carboxylic acids is 2. The van der Waals surface area contributed by atoms with E-state index in [1.165, 1.54) is 29.2 Å². The van der Waals surface area contributed by atoms with Crippen molar-refractivity contribution in [1.82, 2.24) is 9.80 Å². The molecule has 6 nitrogen and oxygen atoms in total. The van der Waals surface area contributed by atoms with Gasteiger partial charge in [0.15, 0.2) is 0 Å². The average molecular weight is 438 g/mol. The Balaban J connectivity index is 2.08. The first-order valence-corrected chi connectivity index (χ1v) is 10.4. The van der Waals surface area contributed by atoms with Gasteiger partial charge in [0.25, 0.3) is 11.7 Å². The molecule has 3 rings (SSSR count). The number of likely N-dealkylation sites (tertiary alicyclic amines) is 1. The maximum atomic E-state index is 13.4. The van der Waals surface area contributed by atoms with Crippen LogP contribution in [0.1, 0.15) is 23.6 Å². The Morgan fingerprint density at radius 1 is 1.22 bits per heavy atom. The Bertz CT molecular complexity index is 1030. The predicted molar refractivity (Wildman–Crippen MR) is 121 cm³/mol. The van der Waals surface area contributed by atoms with E-state index in [0.717, 1.165) is 6.54 Å². The fraction of sp³-hybridized carbons (Fsp3) is 0.280. The van der Waals surface area contributed by atoms with Crippen LogP contribution >= 0.6 is 0 Å². The van der Waals surface area contributed by atoms with Crippen molar-refractivity contribution in [1.29, 1.82) is 0 Å². The van der Waals surface area contributed by atoms with Gasteiger partial charge in [-0.25, -0.2) is 4.39 Å². The first kappa shape index (κ1) is 23.2. The van der Waals surface area contributed by atoms with Crippen molar-refractivity contribution in [3.05, 3.63) is 83.7 Å². The molecule has 0 saturated carbocycles. The van der Waals surface area contributed by atoms with Crippen molar-refractivity contribution in [2.24, 2.45) is 0 Å². The number of ketones is 1. The highest BCUT2D eigenvalue weighted by Gasteiger charge is 2.45. The molecule has 1 atom stereocenters. The number of ether oxygens (including phenoxy) is 1. The third-order valence-electron chi connectivity index (χ3n) is 5.20. The summed E-state index contributed by atoms with van der Waals surface area (Å²) in [4.78, 5) is 29.4. The SMILES string of the molecule is C=CCOc1cccc([C@@H]2/C(=C(\O)c3ccc(F)cc3)C(=O)C(=O)N2CCCN(C)C)c1. The predicted octanol–water partition coefficient (Wildman–Crippen LogP) is 3.76. The highest BCUT2D eigenvalue weighted by atomic mass is 19.1. The van der Waals surface area contributed by atoms with E-state index < -0.39 is 23.5 Å². The molecule has 1 saturated heterocycles. The molecule has 1 amide bonds. The molecule has 2 aromatic rings. The minimum absolute atomic E-state index is 0.0210. The van der Waals surface area contributed by atoms with Gasteiger partial charge in [-0.1, -0.05) is 24.8 Å². The van der Waals surface area contributed by atoms with Crippen LogP contribution in [0.5, 0.6) is 5.75 Å². The largest absolute Gasteiger partial charge is 0.507 e. The summed E-state index contributed by atoms with van der Waals surface area (Å²) in [6.45, 7) is 5.02. The van der Waals surface area contributed by atoms with Gasteiger partial charge >= 0.3 is 0 Å². The summed E-state index contributed by atoms with van der Waals surface area (Å²) in [6.07, 6.45) is 2.27. The molecule has 32 heavy (non-hydrogen) atoms. The molecule has 0 aliphatic carbocycles. The Labute approximate surface area is 187 Å². The average Bonchev–Trinajstić information content (AvgIpc) is 3.02. The lowest BCUT2D eigenvalue weighted by atomic mass is 9.95. The Morgan fingerprint density at radius 3 is 2.59 bits per heavy atom. The fourth-order valence-electron chi connectivity index (χ4n) is 3.71. The van der Waals surface area contributed by atoms with E-state index in [-0.39, 0.29) is 16.9 Å². The Hall–Kier alpha value is -3.45. The normalized spacial score (nSPS) is 17.8. The highest BCUT2D eigenvalue weighted by molar-refractivity contribution is 6.46. The summed E-state index contributed by atoms with van der Waals surface area (Å²) in [5.41, 5.74) is 0.883. The molecular weight excluding hydrogens is 411 g/mol. The molecule has 2 aromatic carbocycles. The van der Waals surface area contributed by atoms with E-state index >= 15 is 0 Å². The molecule has 1 fully saturated rings. The van der Waals surface area contributed by atoms with E-state index in [4.69, 9.17) is 4.74 Å². The molecule has 0 bridgehead atoms. The van der Waals surface area contributed by atoms with Gasteiger partial charge in [0.1, 0.15) is 23.9 Å². The molecule has 1 N–H and O–H groups in total. The van der Waals surface area contributed by atoms with Crippen LogP contribution < -0.4 is 4.74 Å². The molecule has 0 aromatic heterocycles. The first-order valence-electron chi connectivity index (χ1n) is 10.4. The quantitative estimate of drug-likeness (QED) is 0.279. The van der Waals surface area contributed by atoms with Crippen molar-refractivity contribution in [3.63, 3.8) is 0 Å². The lowest BCUT2D eigenvalue weighted by Gasteiger charge is -2.26. The lowest BCUT2D eigenvalue weighted by molar-refractivity contribution is -0.139. The zero-order valence-corrected chi connectivity index (χ0v) is 18.3. The fourth-order valence-corrected chi connectivity index (χ4v) is 3.71. The molecule has 7 heteroatoms. The van der Waals surface area contributed by atoms with Crippen molar-refractivity contribution in [2.75, 3.05) is 33.8 Å². The topological polar surface area (TPSA) is 70.1 Å². The van der Waals surface area contributed by atoms with Crippen molar-refractivity contribution < 1.29 is 23.8 Å². The van der Waals surface area contributed by atoms with Gasteiger partial charge < -0.3 is 19.6 Å². The molecule has 1 heterocycles.